The van der Waals surface area contributed by atoms with E-state index in [-0.39, 0.29) is 11.1 Å². The Kier molecular flexibility index (Phi) is 9.23. The van der Waals surface area contributed by atoms with Gasteiger partial charge >= 0.3 is 11.8 Å². The van der Waals surface area contributed by atoms with E-state index in [0.29, 0.717) is 45.7 Å². The Bertz CT molecular complexity index is 2060. The Morgan fingerprint density at radius 2 is 1.68 bits per heavy atom. The van der Waals surface area contributed by atoms with E-state index >= 15 is 0 Å². The summed E-state index contributed by atoms with van der Waals surface area (Å²) >= 11 is 12.7. The van der Waals surface area contributed by atoms with Crippen molar-refractivity contribution in [2.75, 3.05) is 18.4 Å². The van der Waals surface area contributed by atoms with Gasteiger partial charge in [-0.05, 0) is 65.1 Å². The maximum absolute atomic E-state index is 13.6. The Morgan fingerprint density at radius 1 is 0.936 bits per heavy atom. The van der Waals surface area contributed by atoms with Crippen LogP contribution in [0.1, 0.15) is 28.7 Å². The number of hydrogen-bond acceptors (Lipinski definition) is 4. The molecule has 1 amide bonds. The lowest BCUT2D eigenvalue weighted by molar-refractivity contribution is -0.137. The normalized spacial score (nSPS) is 13.9. The molecule has 2 heterocycles. The van der Waals surface area contributed by atoms with E-state index in [0.717, 1.165) is 36.2 Å². The van der Waals surface area contributed by atoms with Gasteiger partial charge in [0.25, 0.3) is 0 Å². The first-order chi connectivity index (χ1) is 22.5. The monoisotopic (exact) mass is 680 g/mol. The molecule has 0 unspecified atom stereocenters. The van der Waals surface area contributed by atoms with Gasteiger partial charge in [0.05, 0.1) is 23.2 Å². The van der Waals surface area contributed by atoms with Crippen LogP contribution in [0.3, 0.4) is 0 Å². The van der Waals surface area contributed by atoms with Crippen LogP contribution in [0.25, 0.3) is 27.7 Å². The standard InChI is InChI=1S/C36H26Cl2F4N2O3/c37-25-8-6-21(7-9-25)22-12-14-44(15-13-22)20-24-16-27-32(19-30(24)38)47-35(46)28(34(27)23-4-2-1-3-5-23)18-33(45)43-31-11-10-26(39)17-29(31)36(40,41)42/h1-12,16-17,19H,13-15,18,20H2,(H,43,45). The van der Waals surface area contributed by atoms with Gasteiger partial charge in [0.15, 0.2) is 0 Å². The zero-order valence-electron chi connectivity index (χ0n) is 24.6. The van der Waals surface area contributed by atoms with E-state index in [1.807, 2.05) is 30.3 Å². The first-order valence-electron chi connectivity index (χ1n) is 14.6. The Balaban J connectivity index is 1.34. The van der Waals surface area contributed by atoms with Crippen LogP contribution in [0.4, 0.5) is 23.2 Å². The molecule has 1 aliphatic heterocycles. The number of nitrogens with zero attached hydrogens (tertiary/aromatic N) is 1. The molecule has 0 radical (unpaired) electrons. The molecular formula is C36H26Cl2F4N2O3. The molecule has 6 rings (SSSR count). The van der Waals surface area contributed by atoms with Gasteiger partial charge < -0.3 is 9.73 Å². The van der Waals surface area contributed by atoms with Gasteiger partial charge in [0, 0.05) is 46.7 Å². The quantitative estimate of drug-likeness (QED) is 0.137. The Labute approximate surface area is 277 Å². The summed E-state index contributed by atoms with van der Waals surface area (Å²) < 4.78 is 60.0. The lowest BCUT2D eigenvalue weighted by Crippen LogP contribution is -2.28. The van der Waals surface area contributed by atoms with E-state index in [9.17, 15) is 27.2 Å². The molecule has 0 spiro atoms. The molecule has 1 N–H and O–H groups in total. The number of halogens is 6. The molecule has 47 heavy (non-hydrogen) atoms. The third-order valence-corrected chi connectivity index (χ3v) is 8.64. The molecule has 11 heteroatoms. The van der Waals surface area contributed by atoms with Crippen LogP contribution >= 0.6 is 23.2 Å². The van der Waals surface area contributed by atoms with Gasteiger partial charge in [-0.2, -0.15) is 13.2 Å². The van der Waals surface area contributed by atoms with Gasteiger partial charge in [0.1, 0.15) is 11.4 Å². The summed E-state index contributed by atoms with van der Waals surface area (Å²) in [6.45, 7) is 1.94. The van der Waals surface area contributed by atoms with Crippen LogP contribution in [0.5, 0.6) is 0 Å². The highest BCUT2D eigenvalue weighted by atomic mass is 35.5. The Hall–Kier alpha value is -4.44. The molecule has 0 atom stereocenters. The lowest BCUT2D eigenvalue weighted by atomic mass is 9.94. The molecule has 1 aliphatic rings. The highest BCUT2D eigenvalue weighted by molar-refractivity contribution is 6.32. The number of alkyl halides is 3. The lowest BCUT2D eigenvalue weighted by Gasteiger charge is -2.27. The number of fused-ring (bicyclic) bond motifs is 1. The van der Waals surface area contributed by atoms with Crippen LogP contribution in [0.15, 0.2) is 100 Å². The number of anilines is 1. The SMILES string of the molecule is O=C(Cc1c(-c2ccccc2)c2cc(CN3CC=C(c4ccc(Cl)cc4)CC3)c(Cl)cc2oc1=O)Nc1ccc(F)cc1C(F)(F)F. The van der Waals surface area contributed by atoms with Crippen molar-refractivity contribution in [1.82, 2.24) is 4.90 Å². The second-order valence-electron chi connectivity index (χ2n) is 11.2. The van der Waals surface area contributed by atoms with Crippen molar-refractivity contribution in [3.63, 3.8) is 0 Å². The average Bonchev–Trinajstić information content (AvgIpc) is 3.04. The van der Waals surface area contributed by atoms with E-state index in [2.05, 4.69) is 16.3 Å². The van der Waals surface area contributed by atoms with Crippen LogP contribution in [0.2, 0.25) is 10.0 Å². The molecule has 0 saturated carbocycles. The molecule has 4 aromatic carbocycles. The topological polar surface area (TPSA) is 62.6 Å². The first-order valence-corrected chi connectivity index (χ1v) is 15.4. The molecule has 5 aromatic rings. The highest BCUT2D eigenvalue weighted by Gasteiger charge is 2.34. The minimum Gasteiger partial charge on any atom is -0.422 e. The van der Waals surface area contributed by atoms with Crippen molar-refractivity contribution < 1.29 is 26.8 Å². The molecule has 1 aromatic heterocycles. The van der Waals surface area contributed by atoms with Crippen molar-refractivity contribution >= 4 is 51.3 Å². The number of amides is 1. The van der Waals surface area contributed by atoms with Crippen molar-refractivity contribution in [1.29, 1.82) is 0 Å². The molecule has 5 nitrogen and oxygen atoms in total. The fourth-order valence-electron chi connectivity index (χ4n) is 5.76. The molecule has 0 bridgehead atoms. The second kappa shape index (κ2) is 13.4. The fourth-order valence-corrected chi connectivity index (χ4v) is 6.10. The Morgan fingerprint density at radius 3 is 2.36 bits per heavy atom. The molecule has 0 fully saturated rings. The molecule has 0 saturated heterocycles. The molecule has 0 aliphatic carbocycles. The van der Waals surface area contributed by atoms with Crippen molar-refractivity contribution in [2.24, 2.45) is 0 Å². The number of carbonyl (C=O) groups is 1. The second-order valence-corrected chi connectivity index (χ2v) is 12.0. The van der Waals surface area contributed by atoms with E-state index in [1.54, 1.807) is 36.4 Å². The van der Waals surface area contributed by atoms with Crippen LogP contribution in [0, 0.1) is 5.82 Å². The van der Waals surface area contributed by atoms with E-state index in [4.69, 9.17) is 27.6 Å². The summed E-state index contributed by atoms with van der Waals surface area (Å²) in [5, 5.41) is 3.79. The number of hydrogen-bond donors (Lipinski definition) is 1. The van der Waals surface area contributed by atoms with Gasteiger partial charge in [0.2, 0.25) is 5.91 Å². The first kappa shape index (κ1) is 32.5. The van der Waals surface area contributed by atoms with Crippen molar-refractivity contribution in [3.05, 3.63) is 140 Å². The highest BCUT2D eigenvalue weighted by Crippen LogP contribution is 2.37. The number of nitrogens with one attached hydrogen (secondary N) is 1. The predicted molar refractivity (Wildman–Crippen MR) is 176 cm³/mol. The summed E-state index contributed by atoms with van der Waals surface area (Å²) in [4.78, 5) is 28.7. The number of carbonyl (C=O) groups excluding carboxylic acids is 1. The van der Waals surface area contributed by atoms with Crippen molar-refractivity contribution in [2.45, 2.75) is 25.6 Å². The van der Waals surface area contributed by atoms with Crippen LogP contribution in [-0.4, -0.2) is 23.9 Å². The average molecular weight is 682 g/mol. The summed E-state index contributed by atoms with van der Waals surface area (Å²) in [6.07, 6.45) is -2.53. The molecule has 240 valence electrons. The van der Waals surface area contributed by atoms with Crippen molar-refractivity contribution in [3.8, 4) is 11.1 Å². The number of rotatable bonds is 7. The fraction of sp³-hybridized carbons (Fsp3) is 0.167. The summed E-state index contributed by atoms with van der Waals surface area (Å²) in [7, 11) is 0. The third kappa shape index (κ3) is 7.27. The summed E-state index contributed by atoms with van der Waals surface area (Å²) in [6, 6.07) is 21.9. The summed E-state index contributed by atoms with van der Waals surface area (Å²) in [5.74, 6) is -2.01. The smallest absolute Gasteiger partial charge is 0.418 e. The predicted octanol–water partition coefficient (Wildman–Crippen LogP) is 9.40. The zero-order chi connectivity index (χ0) is 33.3. The third-order valence-electron chi connectivity index (χ3n) is 8.03. The molecular weight excluding hydrogens is 655 g/mol. The van der Waals surface area contributed by atoms with Crippen LogP contribution < -0.4 is 10.9 Å². The van der Waals surface area contributed by atoms with Crippen LogP contribution in [-0.2, 0) is 23.9 Å². The van der Waals surface area contributed by atoms with E-state index < -0.39 is 41.2 Å². The van der Waals surface area contributed by atoms with Gasteiger partial charge in [-0.3, -0.25) is 9.69 Å². The number of benzene rings is 4. The zero-order valence-corrected chi connectivity index (χ0v) is 26.1. The summed E-state index contributed by atoms with van der Waals surface area (Å²) in [5.41, 5.74) is 1.48. The minimum atomic E-state index is -4.92. The van der Waals surface area contributed by atoms with Gasteiger partial charge in [-0.1, -0.05) is 71.7 Å². The maximum atomic E-state index is 13.6. The minimum absolute atomic E-state index is 0.0429. The van der Waals surface area contributed by atoms with E-state index in [1.165, 1.54) is 5.57 Å². The van der Waals surface area contributed by atoms with Gasteiger partial charge in [-0.15, -0.1) is 0 Å². The maximum Gasteiger partial charge on any atom is 0.418 e. The largest absolute Gasteiger partial charge is 0.422 e. The van der Waals surface area contributed by atoms with Gasteiger partial charge in [-0.25, -0.2) is 9.18 Å².